The molecule has 0 radical (unpaired) electrons. The molecule has 4 heterocycles. The van der Waals surface area contributed by atoms with Crippen LogP contribution in [0.1, 0.15) is 31.4 Å². The SMILES string of the molecule is Cc1cc(Nc2ccc(N3CCCC3)cc2)nc(N2CCC3(CC2)OCCO3)n1. The Morgan fingerprint density at radius 3 is 2.28 bits per heavy atom. The second kappa shape index (κ2) is 7.80. The van der Waals surface area contributed by atoms with Crippen molar-refractivity contribution in [3.63, 3.8) is 0 Å². The number of ether oxygens (including phenoxy) is 2. The van der Waals surface area contributed by atoms with Gasteiger partial charge in [-0.3, -0.25) is 0 Å². The summed E-state index contributed by atoms with van der Waals surface area (Å²) in [7, 11) is 0. The van der Waals surface area contributed by atoms with Gasteiger partial charge in [0.25, 0.3) is 0 Å². The minimum atomic E-state index is -0.376. The number of anilines is 4. The van der Waals surface area contributed by atoms with E-state index in [9.17, 15) is 0 Å². The fourth-order valence-electron chi connectivity index (χ4n) is 4.47. The summed E-state index contributed by atoms with van der Waals surface area (Å²) in [6, 6.07) is 10.6. The lowest BCUT2D eigenvalue weighted by Gasteiger charge is -2.37. The summed E-state index contributed by atoms with van der Waals surface area (Å²) in [5, 5.41) is 3.44. The van der Waals surface area contributed by atoms with Gasteiger partial charge in [-0.15, -0.1) is 0 Å². The first kappa shape index (κ1) is 18.6. The zero-order valence-electron chi connectivity index (χ0n) is 17.1. The zero-order valence-corrected chi connectivity index (χ0v) is 17.1. The Hall–Kier alpha value is -2.38. The fraction of sp³-hybridized carbons (Fsp3) is 0.545. The molecule has 7 nitrogen and oxygen atoms in total. The molecule has 3 aliphatic rings. The van der Waals surface area contributed by atoms with E-state index < -0.39 is 0 Å². The number of piperidine rings is 1. The lowest BCUT2D eigenvalue weighted by Crippen LogP contribution is -2.45. The summed E-state index contributed by atoms with van der Waals surface area (Å²) in [6.45, 7) is 7.42. The van der Waals surface area contributed by atoms with Crippen LogP contribution >= 0.6 is 0 Å². The van der Waals surface area contributed by atoms with E-state index in [4.69, 9.17) is 14.5 Å². The van der Waals surface area contributed by atoms with E-state index in [2.05, 4.69) is 44.4 Å². The van der Waals surface area contributed by atoms with Crippen molar-refractivity contribution in [3.8, 4) is 0 Å². The van der Waals surface area contributed by atoms with Crippen molar-refractivity contribution >= 4 is 23.1 Å². The smallest absolute Gasteiger partial charge is 0.227 e. The van der Waals surface area contributed by atoms with Crippen molar-refractivity contribution in [2.24, 2.45) is 0 Å². The van der Waals surface area contributed by atoms with E-state index in [0.29, 0.717) is 13.2 Å². The minimum absolute atomic E-state index is 0.376. The van der Waals surface area contributed by atoms with Crippen molar-refractivity contribution in [2.75, 3.05) is 54.5 Å². The molecule has 1 aromatic heterocycles. The standard InChI is InChI=1S/C22H29N5O2/c1-17-16-20(24-18-4-6-19(7-5-18)26-10-2-3-11-26)25-21(23-17)27-12-8-22(9-13-27)28-14-15-29-22/h4-7,16H,2-3,8-15H2,1H3,(H,23,24,25). The number of hydrogen-bond donors (Lipinski definition) is 1. The van der Waals surface area contributed by atoms with Gasteiger partial charge in [-0.05, 0) is 44.0 Å². The maximum Gasteiger partial charge on any atom is 0.227 e. The summed E-state index contributed by atoms with van der Waals surface area (Å²) in [5.41, 5.74) is 3.30. The van der Waals surface area contributed by atoms with Crippen LogP contribution in [0, 0.1) is 6.92 Å². The average molecular weight is 396 g/mol. The molecule has 0 unspecified atom stereocenters. The number of nitrogens with zero attached hydrogens (tertiary/aromatic N) is 4. The lowest BCUT2D eigenvalue weighted by molar-refractivity contribution is -0.169. The van der Waals surface area contributed by atoms with E-state index in [-0.39, 0.29) is 5.79 Å². The zero-order chi connectivity index (χ0) is 19.7. The maximum absolute atomic E-state index is 5.83. The number of aryl methyl sites for hydroxylation is 1. The first-order chi connectivity index (χ1) is 14.2. The topological polar surface area (TPSA) is 62.8 Å². The molecule has 1 spiro atoms. The Balaban J connectivity index is 1.27. The van der Waals surface area contributed by atoms with Crippen molar-refractivity contribution in [1.82, 2.24) is 9.97 Å². The van der Waals surface area contributed by atoms with Crippen LogP contribution in [-0.2, 0) is 9.47 Å². The summed E-state index contributed by atoms with van der Waals surface area (Å²) >= 11 is 0. The van der Waals surface area contributed by atoms with Gasteiger partial charge in [0.05, 0.1) is 13.2 Å². The molecule has 3 saturated heterocycles. The molecule has 1 aromatic carbocycles. The Bertz CT molecular complexity index is 835. The van der Waals surface area contributed by atoms with Gasteiger partial charge in [-0.1, -0.05) is 0 Å². The normalized spacial score (nSPS) is 21.1. The highest BCUT2D eigenvalue weighted by molar-refractivity contribution is 5.62. The number of hydrogen-bond acceptors (Lipinski definition) is 7. The Morgan fingerprint density at radius 2 is 1.59 bits per heavy atom. The van der Waals surface area contributed by atoms with Gasteiger partial charge >= 0.3 is 0 Å². The van der Waals surface area contributed by atoms with Crippen molar-refractivity contribution in [3.05, 3.63) is 36.0 Å². The third-order valence-corrected chi connectivity index (χ3v) is 6.07. The van der Waals surface area contributed by atoms with E-state index in [0.717, 1.165) is 62.2 Å². The van der Waals surface area contributed by atoms with Crippen LogP contribution in [0.2, 0.25) is 0 Å². The highest BCUT2D eigenvalue weighted by Crippen LogP contribution is 2.33. The highest BCUT2D eigenvalue weighted by atomic mass is 16.7. The van der Waals surface area contributed by atoms with E-state index in [1.807, 2.05) is 13.0 Å². The van der Waals surface area contributed by atoms with Crippen LogP contribution in [0.25, 0.3) is 0 Å². The molecular weight excluding hydrogens is 366 g/mol. The van der Waals surface area contributed by atoms with Crippen LogP contribution < -0.4 is 15.1 Å². The predicted octanol–water partition coefficient (Wildman–Crippen LogP) is 3.47. The van der Waals surface area contributed by atoms with E-state index >= 15 is 0 Å². The molecule has 3 aliphatic heterocycles. The molecule has 0 aliphatic carbocycles. The van der Waals surface area contributed by atoms with Gasteiger partial charge < -0.3 is 24.6 Å². The van der Waals surface area contributed by atoms with Gasteiger partial charge in [0, 0.05) is 62.2 Å². The molecule has 3 fully saturated rings. The largest absolute Gasteiger partial charge is 0.372 e. The molecule has 5 rings (SSSR count). The van der Waals surface area contributed by atoms with Crippen LogP contribution in [0.15, 0.2) is 30.3 Å². The highest BCUT2D eigenvalue weighted by Gasteiger charge is 2.40. The van der Waals surface area contributed by atoms with Gasteiger partial charge in [0.2, 0.25) is 5.95 Å². The van der Waals surface area contributed by atoms with Gasteiger partial charge in [0.1, 0.15) is 5.82 Å². The van der Waals surface area contributed by atoms with Gasteiger partial charge in [0.15, 0.2) is 5.79 Å². The second-order valence-electron chi connectivity index (χ2n) is 8.16. The number of nitrogens with one attached hydrogen (secondary N) is 1. The summed E-state index contributed by atoms with van der Waals surface area (Å²) in [4.78, 5) is 14.1. The Morgan fingerprint density at radius 1 is 0.897 bits per heavy atom. The first-order valence-corrected chi connectivity index (χ1v) is 10.7. The minimum Gasteiger partial charge on any atom is -0.372 e. The van der Waals surface area contributed by atoms with Crippen LogP contribution in [0.4, 0.5) is 23.1 Å². The van der Waals surface area contributed by atoms with Crippen LogP contribution in [0.3, 0.4) is 0 Å². The molecule has 29 heavy (non-hydrogen) atoms. The van der Waals surface area contributed by atoms with Gasteiger partial charge in [-0.25, -0.2) is 4.98 Å². The third kappa shape index (κ3) is 4.02. The quantitative estimate of drug-likeness (QED) is 0.850. The molecule has 2 aromatic rings. The maximum atomic E-state index is 5.83. The molecular formula is C22H29N5O2. The van der Waals surface area contributed by atoms with Crippen LogP contribution in [-0.4, -0.2) is 55.1 Å². The lowest BCUT2D eigenvalue weighted by atomic mass is 10.0. The molecule has 1 N–H and O–H groups in total. The first-order valence-electron chi connectivity index (χ1n) is 10.7. The molecule has 0 saturated carbocycles. The van der Waals surface area contributed by atoms with Crippen molar-refractivity contribution in [1.29, 1.82) is 0 Å². The fourth-order valence-corrected chi connectivity index (χ4v) is 4.47. The molecule has 7 heteroatoms. The second-order valence-corrected chi connectivity index (χ2v) is 8.16. The summed E-state index contributed by atoms with van der Waals surface area (Å²) in [6.07, 6.45) is 4.29. The molecule has 0 amide bonds. The number of rotatable bonds is 4. The molecule has 0 bridgehead atoms. The Kier molecular flexibility index (Phi) is 5.01. The van der Waals surface area contributed by atoms with E-state index in [1.54, 1.807) is 0 Å². The average Bonchev–Trinajstić information content (AvgIpc) is 3.42. The van der Waals surface area contributed by atoms with E-state index in [1.165, 1.54) is 18.5 Å². The predicted molar refractivity (Wildman–Crippen MR) is 114 cm³/mol. The van der Waals surface area contributed by atoms with Crippen molar-refractivity contribution < 1.29 is 9.47 Å². The van der Waals surface area contributed by atoms with Crippen molar-refractivity contribution in [2.45, 2.75) is 38.4 Å². The van der Waals surface area contributed by atoms with Crippen LogP contribution in [0.5, 0.6) is 0 Å². The molecule has 154 valence electrons. The monoisotopic (exact) mass is 395 g/mol. The summed E-state index contributed by atoms with van der Waals surface area (Å²) < 4.78 is 11.7. The number of benzene rings is 1. The molecule has 0 atom stereocenters. The Labute approximate surface area is 172 Å². The third-order valence-electron chi connectivity index (χ3n) is 6.07. The number of aromatic nitrogens is 2. The summed E-state index contributed by atoms with van der Waals surface area (Å²) in [5.74, 6) is 1.22. The van der Waals surface area contributed by atoms with Gasteiger partial charge in [-0.2, -0.15) is 4.98 Å².